The van der Waals surface area contributed by atoms with E-state index in [-0.39, 0.29) is 16.9 Å². The van der Waals surface area contributed by atoms with Gasteiger partial charge < -0.3 is 4.57 Å². The van der Waals surface area contributed by atoms with Gasteiger partial charge in [-0.15, -0.1) is 0 Å². The van der Waals surface area contributed by atoms with Gasteiger partial charge in [0.05, 0.1) is 11.0 Å². The first-order valence-corrected chi connectivity index (χ1v) is 11.0. The van der Waals surface area contributed by atoms with Crippen molar-refractivity contribution in [2.75, 3.05) is 13.1 Å². The first-order chi connectivity index (χ1) is 13.4. The second kappa shape index (κ2) is 7.29. The summed E-state index contributed by atoms with van der Waals surface area (Å²) >= 11 is 0. The first-order valence-electron chi connectivity index (χ1n) is 9.61. The molecule has 1 saturated heterocycles. The Morgan fingerprint density at radius 1 is 1.11 bits per heavy atom. The van der Waals surface area contributed by atoms with Crippen LogP contribution in [0.1, 0.15) is 44.5 Å². The van der Waals surface area contributed by atoms with Crippen LogP contribution >= 0.6 is 0 Å². The summed E-state index contributed by atoms with van der Waals surface area (Å²) in [5.74, 6) is 0.175. The summed E-state index contributed by atoms with van der Waals surface area (Å²) in [5.41, 5.74) is 1.97. The number of hydrogen-bond donors (Lipinski definition) is 0. The van der Waals surface area contributed by atoms with E-state index < -0.39 is 15.8 Å². The topological polar surface area (TPSA) is 55.2 Å². The molecule has 1 aliphatic heterocycles. The van der Waals surface area contributed by atoms with Gasteiger partial charge in [0.2, 0.25) is 10.0 Å². The fraction of sp³-hybridized carbons (Fsp3) is 0.381. The molecule has 0 spiro atoms. The van der Waals surface area contributed by atoms with Crippen LogP contribution in [-0.4, -0.2) is 35.4 Å². The van der Waals surface area contributed by atoms with Crippen molar-refractivity contribution in [2.24, 2.45) is 0 Å². The monoisotopic (exact) mass is 401 g/mol. The quantitative estimate of drug-likeness (QED) is 0.654. The highest BCUT2D eigenvalue weighted by Crippen LogP contribution is 2.33. The maximum Gasteiger partial charge on any atom is 0.246 e. The first kappa shape index (κ1) is 19.1. The molecule has 1 aliphatic rings. The van der Waals surface area contributed by atoms with E-state index >= 15 is 0 Å². The van der Waals surface area contributed by atoms with Crippen LogP contribution in [0.25, 0.3) is 11.0 Å². The number of rotatable bonds is 4. The number of nitrogens with zero attached hydrogens (tertiary/aromatic N) is 3. The van der Waals surface area contributed by atoms with E-state index in [2.05, 4.69) is 18.4 Å². The molecule has 1 fully saturated rings. The fourth-order valence-electron chi connectivity index (χ4n) is 4.06. The molecular formula is C21H24FN3O2S. The number of para-hydroxylation sites is 2. The Labute approximate surface area is 164 Å². The molecule has 0 N–H and O–H groups in total. The molecule has 7 heteroatoms. The standard InChI is InChI=1S/C21H24FN3O2S/c1-15(2)25-19-11-5-4-10-18(19)23-21(25)16-8-7-13-24(14-16)28(26,27)20-12-6-3-9-17(20)22/h3-6,9-12,15-16H,7-8,13-14H2,1-2H3/t16-/m1/s1. The van der Waals surface area contributed by atoms with Gasteiger partial charge in [-0.2, -0.15) is 4.31 Å². The van der Waals surface area contributed by atoms with Crippen molar-refractivity contribution in [3.05, 3.63) is 60.2 Å². The van der Waals surface area contributed by atoms with Crippen LogP contribution in [0.4, 0.5) is 4.39 Å². The van der Waals surface area contributed by atoms with Crippen molar-refractivity contribution < 1.29 is 12.8 Å². The zero-order valence-corrected chi connectivity index (χ0v) is 16.9. The van der Waals surface area contributed by atoms with Crippen molar-refractivity contribution in [2.45, 2.75) is 43.5 Å². The number of fused-ring (bicyclic) bond motifs is 1. The minimum Gasteiger partial charge on any atom is -0.325 e. The summed E-state index contributed by atoms with van der Waals surface area (Å²) in [6.07, 6.45) is 1.58. The number of halogens is 1. The molecule has 28 heavy (non-hydrogen) atoms. The van der Waals surface area contributed by atoms with Gasteiger partial charge in [-0.1, -0.05) is 24.3 Å². The van der Waals surface area contributed by atoms with Crippen LogP contribution in [0.2, 0.25) is 0 Å². The van der Waals surface area contributed by atoms with Crippen LogP contribution in [0.5, 0.6) is 0 Å². The lowest BCUT2D eigenvalue weighted by Crippen LogP contribution is -2.40. The molecule has 0 unspecified atom stereocenters. The maximum atomic E-state index is 14.1. The molecule has 3 aromatic rings. The van der Waals surface area contributed by atoms with Crippen molar-refractivity contribution in [3.8, 4) is 0 Å². The van der Waals surface area contributed by atoms with Crippen LogP contribution in [-0.2, 0) is 10.0 Å². The average molecular weight is 402 g/mol. The summed E-state index contributed by atoms with van der Waals surface area (Å²) in [7, 11) is -3.88. The van der Waals surface area contributed by atoms with Crippen molar-refractivity contribution in [3.63, 3.8) is 0 Å². The molecule has 0 saturated carbocycles. The summed E-state index contributed by atoms with van der Waals surface area (Å²) < 4.78 is 43.8. The molecule has 148 valence electrons. The van der Waals surface area contributed by atoms with Crippen LogP contribution in [0, 0.1) is 5.82 Å². The molecule has 0 aliphatic carbocycles. The van der Waals surface area contributed by atoms with Gasteiger partial charge in [0, 0.05) is 25.0 Å². The Balaban J connectivity index is 1.71. The number of hydrogen-bond acceptors (Lipinski definition) is 3. The third-order valence-corrected chi connectivity index (χ3v) is 7.24. The Morgan fingerprint density at radius 3 is 2.57 bits per heavy atom. The molecule has 0 radical (unpaired) electrons. The van der Waals surface area contributed by atoms with Crippen molar-refractivity contribution >= 4 is 21.1 Å². The second-order valence-corrected chi connectivity index (χ2v) is 9.46. The smallest absolute Gasteiger partial charge is 0.246 e. The van der Waals surface area contributed by atoms with E-state index in [1.165, 1.54) is 22.5 Å². The van der Waals surface area contributed by atoms with Crippen LogP contribution < -0.4 is 0 Å². The van der Waals surface area contributed by atoms with E-state index in [4.69, 9.17) is 4.98 Å². The summed E-state index contributed by atoms with van der Waals surface area (Å²) in [6, 6.07) is 13.7. The lowest BCUT2D eigenvalue weighted by molar-refractivity contribution is 0.302. The molecular weight excluding hydrogens is 377 g/mol. The highest BCUT2D eigenvalue weighted by Gasteiger charge is 2.34. The lowest BCUT2D eigenvalue weighted by Gasteiger charge is -2.32. The van der Waals surface area contributed by atoms with E-state index in [9.17, 15) is 12.8 Å². The van der Waals surface area contributed by atoms with E-state index in [1.807, 2.05) is 24.3 Å². The number of imidazole rings is 1. The second-order valence-electron chi connectivity index (χ2n) is 7.56. The van der Waals surface area contributed by atoms with Crippen LogP contribution in [0.3, 0.4) is 0 Å². The summed E-state index contributed by atoms with van der Waals surface area (Å²) in [6.45, 7) is 4.92. The molecule has 1 atom stereocenters. The molecule has 1 aromatic heterocycles. The predicted molar refractivity (Wildman–Crippen MR) is 107 cm³/mol. The third-order valence-electron chi connectivity index (χ3n) is 5.34. The Hall–Kier alpha value is -2.25. The summed E-state index contributed by atoms with van der Waals surface area (Å²) in [5, 5.41) is 0. The number of aromatic nitrogens is 2. The SMILES string of the molecule is CC(C)n1c([C@@H]2CCCN(S(=O)(=O)c3ccccc3F)C2)nc2ccccc21. The summed E-state index contributed by atoms with van der Waals surface area (Å²) in [4.78, 5) is 4.58. The molecule has 0 amide bonds. The van der Waals surface area contributed by atoms with Gasteiger partial charge in [0.15, 0.2) is 0 Å². The predicted octanol–water partition coefficient (Wildman–Crippen LogP) is 4.32. The minimum atomic E-state index is -3.88. The largest absolute Gasteiger partial charge is 0.325 e. The van der Waals surface area contributed by atoms with Gasteiger partial charge in [-0.25, -0.2) is 17.8 Å². The highest BCUT2D eigenvalue weighted by atomic mass is 32.2. The zero-order valence-electron chi connectivity index (χ0n) is 16.0. The lowest BCUT2D eigenvalue weighted by atomic mass is 9.98. The Bertz CT molecular complexity index is 1110. The molecule has 5 nitrogen and oxygen atoms in total. The van der Waals surface area contributed by atoms with E-state index in [0.29, 0.717) is 13.1 Å². The number of piperidine rings is 1. The van der Waals surface area contributed by atoms with Crippen molar-refractivity contribution in [1.82, 2.24) is 13.9 Å². The van der Waals surface area contributed by atoms with Gasteiger partial charge in [-0.05, 0) is 51.0 Å². The Morgan fingerprint density at radius 2 is 1.82 bits per heavy atom. The van der Waals surface area contributed by atoms with Gasteiger partial charge in [-0.3, -0.25) is 0 Å². The molecule has 4 rings (SSSR count). The zero-order chi connectivity index (χ0) is 19.9. The van der Waals surface area contributed by atoms with E-state index in [0.717, 1.165) is 29.7 Å². The Kier molecular flexibility index (Phi) is 4.97. The minimum absolute atomic E-state index is 0.0231. The normalized spacial score (nSPS) is 18.8. The van der Waals surface area contributed by atoms with Crippen LogP contribution in [0.15, 0.2) is 53.4 Å². The van der Waals surface area contributed by atoms with E-state index in [1.54, 1.807) is 6.07 Å². The van der Waals surface area contributed by atoms with Gasteiger partial charge in [0.25, 0.3) is 0 Å². The average Bonchev–Trinajstić information content (AvgIpc) is 3.08. The molecule has 0 bridgehead atoms. The number of sulfonamides is 1. The third kappa shape index (κ3) is 3.22. The molecule has 2 aromatic carbocycles. The maximum absolute atomic E-state index is 14.1. The highest BCUT2D eigenvalue weighted by molar-refractivity contribution is 7.89. The van der Waals surface area contributed by atoms with Gasteiger partial charge in [0.1, 0.15) is 16.5 Å². The fourth-order valence-corrected chi connectivity index (χ4v) is 5.65. The molecule has 2 heterocycles. The van der Waals surface area contributed by atoms with Gasteiger partial charge >= 0.3 is 0 Å². The number of benzene rings is 2. The van der Waals surface area contributed by atoms with Crippen molar-refractivity contribution in [1.29, 1.82) is 0 Å².